The summed E-state index contributed by atoms with van der Waals surface area (Å²) in [4.78, 5) is 11.8. The van der Waals surface area contributed by atoms with Crippen LogP contribution in [0.25, 0.3) is 0 Å². The van der Waals surface area contributed by atoms with Crippen LogP contribution >= 0.6 is 11.3 Å². The SMILES string of the molecule is CC(=O)NCc1ccc(S(=O)(=O)N(Cc2ccccc2)C2CC2)s1. The first-order valence-electron chi connectivity index (χ1n) is 7.86. The molecule has 0 aliphatic heterocycles. The molecular weight excluding hydrogens is 344 g/mol. The van der Waals surface area contributed by atoms with E-state index in [9.17, 15) is 13.2 Å². The Hall–Kier alpha value is -1.70. The molecule has 24 heavy (non-hydrogen) atoms. The minimum absolute atomic E-state index is 0.0936. The number of carbonyl (C=O) groups is 1. The average Bonchev–Trinajstić information content (AvgIpc) is 3.27. The van der Waals surface area contributed by atoms with E-state index in [1.165, 1.54) is 18.3 Å². The predicted octanol–water partition coefficient (Wildman–Crippen LogP) is 2.74. The Labute approximate surface area is 146 Å². The summed E-state index contributed by atoms with van der Waals surface area (Å²) in [5, 5.41) is 2.69. The number of rotatable bonds is 7. The van der Waals surface area contributed by atoms with Crippen LogP contribution < -0.4 is 5.32 Å². The number of carbonyl (C=O) groups excluding carboxylic acids is 1. The number of hydrogen-bond acceptors (Lipinski definition) is 4. The molecule has 1 heterocycles. The fraction of sp³-hybridized carbons (Fsp3) is 0.353. The highest BCUT2D eigenvalue weighted by molar-refractivity contribution is 7.91. The van der Waals surface area contributed by atoms with Crippen LogP contribution in [-0.4, -0.2) is 24.7 Å². The molecule has 1 aliphatic carbocycles. The van der Waals surface area contributed by atoms with E-state index in [0.717, 1.165) is 23.3 Å². The van der Waals surface area contributed by atoms with Crippen molar-refractivity contribution in [1.82, 2.24) is 9.62 Å². The van der Waals surface area contributed by atoms with Gasteiger partial charge in [-0.2, -0.15) is 4.31 Å². The van der Waals surface area contributed by atoms with Crippen LogP contribution in [0, 0.1) is 0 Å². The minimum atomic E-state index is -3.51. The van der Waals surface area contributed by atoms with Gasteiger partial charge in [-0.15, -0.1) is 11.3 Å². The van der Waals surface area contributed by atoms with Gasteiger partial charge in [-0.1, -0.05) is 30.3 Å². The van der Waals surface area contributed by atoms with Gasteiger partial charge >= 0.3 is 0 Å². The van der Waals surface area contributed by atoms with E-state index < -0.39 is 10.0 Å². The second-order valence-electron chi connectivity index (χ2n) is 5.90. The molecule has 1 aliphatic rings. The largest absolute Gasteiger partial charge is 0.351 e. The van der Waals surface area contributed by atoms with Crippen LogP contribution in [0.2, 0.25) is 0 Å². The Morgan fingerprint density at radius 2 is 1.92 bits per heavy atom. The molecule has 1 aromatic carbocycles. The quantitative estimate of drug-likeness (QED) is 0.821. The molecule has 1 aromatic heterocycles. The summed E-state index contributed by atoms with van der Waals surface area (Å²) < 4.78 is 28.0. The lowest BCUT2D eigenvalue weighted by atomic mass is 10.2. The lowest BCUT2D eigenvalue weighted by molar-refractivity contribution is -0.119. The van der Waals surface area contributed by atoms with Crippen LogP contribution in [0.4, 0.5) is 0 Å². The van der Waals surface area contributed by atoms with E-state index in [1.807, 2.05) is 30.3 Å². The lowest BCUT2D eigenvalue weighted by Crippen LogP contribution is -2.32. The van der Waals surface area contributed by atoms with Gasteiger partial charge in [0.1, 0.15) is 4.21 Å². The maximum absolute atomic E-state index is 13.0. The molecule has 7 heteroatoms. The Kier molecular flexibility index (Phi) is 5.03. The number of hydrogen-bond donors (Lipinski definition) is 1. The van der Waals surface area contributed by atoms with Crippen LogP contribution in [0.1, 0.15) is 30.2 Å². The average molecular weight is 364 g/mol. The molecule has 0 bridgehead atoms. The van der Waals surface area contributed by atoms with Crippen molar-refractivity contribution < 1.29 is 13.2 Å². The van der Waals surface area contributed by atoms with Gasteiger partial charge in [-0.3, -0.25) is 4.79 Å². The highest BCUT2D eigenvalue weighted by atomic mass is 32.2. The van der Waals surface area contributed by atoms with E-state index in [-0.39, 0.29) is 11.9 Å². The normalized spacial score (nSPS) is 14.8. The second-order valence-corrected chi connectivity index (χ2v) is 9.18. The maximum atomic E-state index is 13.0. The van der Waals surface area contributed by atoms with Crippen LogP contribution in [-0.2, 0) is 27.9 Å². The van der Waals surface area contributed by atoms with Crippen molar-refractivity contribution in [2.45, 2.75) is 43.1 Å². The van der Waals surface area contributed by atoms with E-state index in [1.54, 1.807) is 16.4 Å². The molecule has 1 amide bonds. The van der Waals surface area contributed by atoms with Gasteiger partial charge in [0.2, 0.25) is 5.91 Å². The molecular formula is C17H20N2O3S2. The molecule has 5 nitrogen and oxygen atoms in total. The van der Waals surface area contributed by atoms with Gasteiger partial charge in [0.05, 0.1) is 6.54 Å². The first-order chi connectivity index (χ1) is 11.5. The first-order valence-corrected chi connectivity index (χ1v) is 10.1. The molecule has 128 valence electrons. The molecule has 0 radical (unpaired) electrons. The number of thiophene rings is 1. The zero-order valence-corrected chi connectivity index (χ0v) is 15.1. The zero-order chi connectivity index (χ0) is 17.2. The van der Waals surface area contributed by atoms with Crippen molar-refractivity contribution in [3.05, 3.63) is 52.9 Å². The Balaban J connectivity index is 1.80. The molecule has 1 saturated carbocycles. The summed E-state index contributed by atoms with van der Waals surface area (Å²) in [6, 6.07) is 13.2. The monoisotopic (exact) mass is 364 g/mol. The number of sulfonamides is 1. The van der Waals surface area contributed by atoms with Gasteiger partial charge < -0.3 is 5.32 Å². The summed E-state index contributed by atoms with van der Waals surface area (Å²) in [5.41, 5.74) is 0.989. The van der Waals surface area contributed by atoms with Gasteiger partial charge in [-0.05, 0) is 30.5 Å². The molecule has 0 spiro atoms. The Morgan fingerprint density at radius 1 is 1.21 bits per heavy atom. The van der Waals surface area contributed by atoms with E-state index in [0.29, 0.717) is 17.3 Å². The van der Waals surface area contributed by atoms with Crippen LogP contribution in [0.5, 0.6) is 0 Å². The fourth-order valence-corrected chi connectivity index (χ4v) is 5.55. The van der Waals surface area contributed by atoms with Gasteiger partial charge in [0, 0.05) is 24.4 Å². The molecule has 1 N–H and O–H groups in total. The summed E-state index contributed by atoms with van der Waals surface area (Å²) >= 11 is 1.22. The highest BCUT2D eigenvalue weighted by Crippen LogP contribution is 2.35. The van der Waals surface area contributed by atoms with Crippen molar-refractivity contribution in [2.75, 3.05) is 0 Å². The van der Waals surface area contributed by atoms with Crippen molar-refractivity contribution >= 4 is 27.3 Å². The molecule has 0 saturated heterocycles. The minimum Gasteiger partial charge on any atom is -0.351 e. The molecule has 0 unspecified atom stereocenters. The predicted molar refractivity (Wildman–Crippen MR) is 94.0 cm³/mol. The van der Waals surface area contributed by atoms with Crippen molar-refractivity contribution in [3.63, 3.8) is 0 Å². The second kappa shape index (κ2) is 7.04. The Bertz CT molecular complexity index is 811. The highest BCUT2D eigenvalue weighted by Gasteiger charge is 2.38. The summed E-state index contributed by atoms with van der Waals surface area (Å²) in [7, 11) is -3.51. The maximum Gasteiger partial charge on any atom is 0.253 e. The van der Waals surface area contributed by atoms with Gasteiger partial charge in [0.25, 0.3) is 10.0 Å². The first kappa shape index (κ1) is 17.1. The van der Waals surface area contributed by atoms with Crippen LogP contribution in [0.15, 0.2) is 46.7 Å². The van der Waals surface area contributed by atoms with E-state index in [4.69, 9.17) is 0 Å². The van der Waals surface area contributed by atoms with E-state index >= 15 is 0 Å². The third-order valence-electron chi connectivity index (χ3n) is 3.85. The molecule has 3 rings (SSSR count). The summed E-state index contributed by atoms with van der Waals surface area (Å²) in [6.45, 7) is 2.20. The summed E-state index contributed by atoms with van der Waals surface area (Å²) in [6.07, 6.45) is 1.83. The van der Waals surface area contributed by atoms with Crippen molar-refractivity contribution in [3.8, 4) is 0 Å². The molecule has 0 atom stereocenters. The molecule has 1 fully saturated rings. The summed E-state index contributed by atoms with van der Waals surface area (Å²) in [5.74, 6) is -0.128. The van der Waals surface area contributed by atoms with Gasteiger partial charge in [-0.25, -0.2) is 8.42 Å². The fourth-order valence-electron chi connectivity index (χ4n) is 2.46. The topological polar surface area (TPSA) is 66.5 Å². The standard InChI is InChI=1S/C17H20N2O3S2/c1-13(20)18-11-16-9-10-17(23-16)24(21,22)19(15-7-8-15)12-14-5-3-2-4-6-14/h2-6,9-10,15H,7-8,11-12H2,1H3,(H,18,20). The lowest BCUT2D eigenvalue weighted by Gasteiger charge is -2.21. The number of nitrogens with zero attached hydrogens (tertiary/aromatic N) is 1. The van der Waals surface area contributed by atoms with Crippen molar-refractivity contribution in [1.29, 1.82) is 0 Å². The number of nitrogens with one attached hydrogen (secondary N) is 1. The smallest absolute Gasteiger partial charge is 0.253 e. The number of amides is 1. The third-order valence-corrected chi connectivity index (χ3v) is 7.30. The van der Waals surface area contributed by atoms with Gasteiger partial charge in [0.15, 0.2) is 0 Å². The number of benzene rings is 1. The third kappa shape index (κ3) is 4.03. The van der Waals surface area contributed by atoms with Crippen molar-refractivity contribution in [2.24, 2.45) is 0 Å². The molecule has 2 aromatic rings. The Morgan fingerprint density at radius 3 is 2.54 bits per heavy atom. The van der Waals surface area contributed by atoms with E-state index in [2.05, 4.69) is 5.32 Å². The zero-order valence-electron chi connectivity index (χ0n) is 13.4. The van der Waals surface area contributed by atoms with Crippen LogP contribution in [0.3, 0.4) is 0 Å².